The number of carbonyl (C=O) groups is 1. The zero-order valence-corrected chi connectivity index (χ0v) is 16.3. The van der Waals surface area contributed by atoms with E-state index in [0.717, 1.165) is 38.1 Å². The second-order valence-electron chi connectivity index (χ2n) is 7.74. The fourth-order valence-corrected chi connectivity index (χ4v) is 5.35. The molecule has 0 aliphatic carbocycles. The lowest BCUT2D eigenvalue weighted by atomic mass is 9.98. The summed E-state index contributed by atoms with van der Waals surface area (Å²) < 4.78 is 1.27. The summed E-state index contributed by atoms with van der Waals surface area (Å²) in [5.41, 5.74) is 1.11. The Morgan fingerprint density at radius 3 is 2.62 bits per heavy atom. The summed E-state index contributed by atoms with van der Waals surface area (Å²) in [7, 11) is 0. The first-order chi connectivity index (χ1) is 12.8. The van der Waals surface area contributed by atoms with Crippen molar-refractivity contribution >= 4 is 27.5 Å². The molecule has 4 nitrogen and oxygen atoms in total. The fraction of sp³-hybridized carbons (Fsp3) is 0.619. The van der Waals surface area contributed by atoms with Crippen molar-refractivity contribution in [2.75, 3.05) is 32.7 Å². The molecule has 0 saturated carbocycles. The van der Waals surface area contributed by atoms with Crippen LogP contribution in [0.5, 0.6) is 0 Å². The van der Waals surface area contributed by atoms with Gasteiger partial charge in [0.05, 0.1) is 21.8 Å². The fourth-order valence-electron chi connectivity index (χ4n) is 4.25. The van der Waals surface area contributed by atoms with E-state index < -0.39 is 0 Å². The van der Waals surface area contributed by atoms with Crippen molar-refractivity contribution in [3.63, 3.8) is 0 Å². The number of piperidine rings is 1. The van der Waals surface area contributed by atoms with Crippen molar-refractivity contribution in [2.45, 2.75) is 50.9 Å². The van der Waals surface area contributed by atoms with Gasteiger partial charge >= 0.3 is 0 Å². The summed E-state index contributed by atoms with van der Waals surface area (Å²) in [6.45, 7) is 4.50. The van der Waals surface area contributed by atoms with Crippen molar-refractivity contribution < 1.29 is 4.79 Å². The molecule has 0 spiro atoms. The smallest absolute Gasteiger partial charge is 0.236 e. The van der Waals surface area contributed by atoms with Crippen molar-refractivity contribution in [2.24, 2.45) is 0 Å². The Hall–Kier alpha value is -1.46. The number of thiazole rings is 1. The Balaban J connectivity index is 1.37. The van der Waals surface area contributed by atoms with Crippen molar-refractivity contribution in [3.05, 3.63) is 29.3 Å². The minimum atomic E-state index is 0.330. The third-order valence-electron chi connectivity index (χ3n) is 5.73. The average Bonchev–Trinajstić information content (AvgIpc) is 3.06. The van der Waals surface area contributed by atoms with Gasteiger partial charge in [0, 0.05) is 25.6 Å². The number of amides is 1. The lowest BCUT2D eigenvalue weighted by Crippen LogP contribution is -2.44. The number of fused-ring (bicyclic) bond motifs is 1. The van der Waals surface area contributed by atoms with Gasteiger partial charge in [-0.05, 0) is 44.4 Å². The molecule has 0 radical (unpaired) electrons. The zero-order chi connectivity index (χ0) is 17.8. The van der Waals surface area contributed by atoms with E-state index in [2.05, 4.69) is 34.1 Å². The van der Waals surface area contributed by atoms with Crippen LogP contribution in [0.3, 0.4) is 0 Å². The second-order valence-corrected chi connectivity index (χ2v) is 8.80. The largest absolute Gasteiger partial charge is 0.342 e. The molecule has 2 saturated heterocycles. The van der Waals surface area contributed by atoms with E-state index in [-0.39, 0.29) is 0 Å². The Labute approximate surface area is 160 Å². The number of carbonyl (C=O) groups excluding carboxylic acids is 1. The van der Waals surface area contributed by atoms with Crippen molar-refractivity contribution in [3.8, 4) is 0 Å². The highest BCUT2D eigenvalue weighted by Crippen LogP contribution is 2.32. The van der Waals surface area contributed by atoms with E-state index in [4.69, 9.17) is 4.98 Å². The molecule has 1 amide bonds. The monoisotopic (exact) mass is 371 g/mol. The van der Waals surface area contributed by atoms with E-state index in [1.54, 1.807) is 0 Å². The van der Waals surface area contributed by atoms with E-state index in [1.165, 1.54) is 48.2 Å². The van der Waals surface area contributed by atoms with Crippen LogP contribution in [-0.4, -0.2) is 53.4 Å². The predicted molar refractivity (Wildman–Crippen MR) is 108 cm³/mol. The molecule has 2 fully saturated rings. The van der Waals surface area contributed by atoms with Crippen LogP contribution in [0.15, 0.2) is 24.3 Å². The topological polar surface area (TPSA) is 36.4 Å². The first kappa shape index (κ1) is 17.9. The minimum absolute atomic E-state index is 0.330. The van der Waals surface area contributed by atoms with E-state index >= 15 is 0 Å². The molecule has 5 heteroatoms. The summed E-state index contributed by atoms with van der Waals surface area (Å²) in [4.78, 5) is 22.1. The van der Waals surface area contributed by atoms with Crippen LogP contribution < -0.4 is 0 Å². The van der Waals surface area contributed by atoms with Gasteiger partial charge in [-0.15, -0.1) is 11.3 Å². The van der Waals surface area contributed by atoms with Gasteiger partial charge in [-0.25, -0.2) is 4.98 Å². The molecule has 4 rings (SSSR count). The van der Waals surface area contributed by atoms with E-state index in [9.17, 15) is 4.79 Å². The average molecular weight is 372 g/mol. The lowest BCUT2D eigenvalue weighted by molar-refractivity contribution is -0.133. The van der Waals surface area contributed by atoms with E-state index in [0.29, 0.717) is 18.4 Å². The summed E-state index contributed by atoms with van der Waals surface area (Å²) in [5.74, 6) is 0.804. The normalized spacial score (nSPS) is 22.9. The highest BCUT2D eigenvalue weighted by Gasteiger charge is 2.26. The van der Waals surface area contributed by atoms with Gasteiger partial charge in [0.1, 0.15) is 0 Å². The quantitative estimate of drug-likeness (QED) is 0.808. The lowest BCUT2D eigenvalue weighted by Gasteiger charge is -2.33. The number of likely N-dealkylation sites (tertiary alicyclic amines) is 2. The van der Waals surface area contributed by atoms with Gasteiger partial charge in [0.2, 0.25) is 5.91 Å². The number of benzene rings is 1. The molecule has 1 aromatic heterocycles. The Kier molecular flexibility index (Phi) is 5.85. The summed E-state index contributed by atoms with van der Waals surface area (Å²) in [6, 6.07) is 8.39. The third-order valence-corrected chi connectivity index (χ3v) is 6.93. The molecule has 26 heavy (non-hydrogen) atoms. The van der Waals surface area contributed by atoms with Gasteiger partial charge in [0.25, 0.3) is 0 Å². The predicted octanol–water partition coefficient (Wildman–Crippen LogP) is 4.27. The van der Waals surface area contributed by atoms with Crippen LogP contribution >= 0.6 is 11.3 Å². The molecule has 0 bridgehead atoms. The zero-order valence-electron chi connectivity index (χ0n) is 15.5. The first-order valence-corrected chi connectivity index (χ1v) is 11.0. The summed E-state index contributed by atoms with van der Waals surface area (Å²) in [6.07, 6.45) is 8.56. The maximum Gasteiger partial charge on any atom is 0.236 e. The van der Waals surface area contributed by atoms with Gasteiger partial charge < -0.3 is 4.90 Å². The molecule has 1 aromatic carbocycles. The molecular formula is C21H29N3OS. The van der Waals surface area contributed by atoms with Crippen molar-refractivity contribution in [1.82, 2.24) is 14.8 Å². The Bertz CT molecular complexity index is 703. The SMILES string of the molecule is O=C(CN1CCC[C@H](c2nc3ccccc3s2)C1)N1CCCCCCC1. The molecule has 2 aliphatic heterocycles. The van der Waals surface area contributed by atoms with Gasteiger partial charge in [-0.2, -0.15) is 0 Å². The standard InChI is InChI=1S/C21H29N3OS/c25-20(24-13-6-2-1-3-7-14-24)16-23-12-8-9-17(15-23)21-22-18-10-4-5-11-19(18)26-21/h4-5,10-11,17H,1-3,6-9,12-16H2/t17-/m0/s1. The summed E-state index contributed by atoms with van der Waals surface area (Å²) >= 11 is 1.82. The number of hydrogen-bond donors (Lipinski definition) is 0. The Morgan fingerprint density at radius 1 is 1.04 bits per heavy atom. The first-order valence-electron chi connectivity index (χ1n) is 10.2. The molecule has 0 N–H and O–H groups in total. The van der Waals surface area contributed by atoms with Gasteiger partial charge in [0.15, 0.2) is 0 Å². The van der Waals surface area contributed by atoms with Crippen LogP contribution in [-0.2, 0) is 4.79 Å². The Morgan fingerprint density at radius 2 is 1.81 bits per heavy atom. The number of rotatable bonds is 3. The van der Waals surface area contributed by atoms with Gasteiger partial charge in [-0.3, -0.25) is 9.69 Å². The highest BCUT2D eigenvalue weighted by molar-refractivity contribution is 7.18. The van der Waals surface area contributed by atoms with E-state index in [1.807, 2.05) is 11.3 Å². The molecule has 0 unspecified atom stereocenters. The van der Waals surface area contributed by atoms with Crippen molar-refractivity contribution in [1.29, 1.82) is 0 Å². The maximum atomic E-state index is 12.8. The van der Waals surface area contributed by atoms with Crippen LogP contribution in [0.25, 0.3) is 10.2 Å². The highest BCUT2D eigenvalue weighted by atomic mass is 32.1. The molecule has 1 atom stereocenters. The molecular weight excluding hydrogens is 342 g/mol. The van der Waals surface area contributed by atoms with Crippen LogP contribution in [0.2, 0.25) is 0 Å². The second kappa shape index (κ2) is 8.49. The third kappa shape index (κ3) is 4.26. The summed E-state index contributed by atoms with van der Waals surface area (Å²) in [5, 5.41) is 1.25. The molecule has 2 aromatic rings. The van der Waals surface area contributed by atoms with Crippen LogP contribution in [0, 0.1) is 0 Å². The van der Waals surface area contributed by atoms with Gasteiger partial charge in [-0.1, -0.05) is 31.4 Å². The molecule has 140 valence electrons. The number of para-hydroxylation sites is 1. The minimum Gasteiger partial charge on any atom is -0.342 e. The van der Waals surface area contributed by atoms with Crippen LogP contribution in [0.1, 0.15) is 55.9 Å². The molecule has 3 heterocycles. The maximum absolute atomic E-state index is 12.8. The molecule has 2 aliphatic rings. The van der Waals surface area contributed by atoms with Crippen LogP contribution in [0.4, 0.5) is 0 Å². The number of nitrogens with zero attached hydrogens (tertiary/aromatic N) is 3. The number of hydrogen-bond acceptors (Lipinski definition) is 4. The number of aromatic nitrogens is 1.